The lowest BCUT2D eigenvalue weighted by Gasteiger charge is -2.60. The first-order chi connectivity index (χ1) is 5.57. The Morgan fingerprint density at radius 1 is 1.42 bits per heavy atom. The van der Waals surface area contributed by atoms with Gasteiger partial charge in [-0.15, -0.1) is 0 Å². The smallest absolute Gasteiger partial charge is 0.0146 e. The minimum atomic E-state index is 0.611. The summed E-state index contributed by atoms with van der Waals surface area (Å²) in [6.45, 7) is 9.53. The molecule has 0 nitrogen and oxygen atoms in total. The van der Waals surface area contributed by atoms with Gasteiger partial charge in [0.2, 0.25) is 0 Å². The molecule has 68 valence electrons. The van der Waals surface area contributed by atoms with E-state index >= 15 is 0 Å². The zero-order chi connectivity index (χ0) is 8.93. The predicted molar refractivity (Wildman–Crippen MR) is 52.9 cm³/mol. The van der Waals surface area contributed by atoms with Crippen molar-refractivity contribution in [2.45, 2.75) is 40.5 Å². The van der Waals surface area contributed by atoms with Crippen molar-refractivity contribution in [2.75, 3.05) is 0 Å². The summed E-state index contributed by atoms with van der Waals surface area (Å²) in [5, 5.41) is 0. The van der Waals surface area contributed by atoms with E-state index in [1.165, 1.54) is 12.8 Å². The van der Waals surface area contributed by atoms with E-state index in [1.54, 1.807) is 5.57 Å². The SMILES string of the molecule is C/C=C1/CC(C)C2CC1C2(C)C. The first kappa shape index (κ1) is 8.34. The third-order valence-corrected chi connectivity index (χ3v) is 4.41. The van der Waals surface area contributed by atoms with E-state index in [4.69, 9.17) is 0 Å². The van der Waals surface area contributed by atoms with E-state index in [2.05, 4.69) is 33.8 Å². The average molecular weight is 164 g/mol. The lowest BCUT2D eigenvalue weighted by Crippen LogP contribution is -2.52. The number of hydrogen-bond donors (Lipinski definition) is 0. The fraction of sp³-hybridized carbons (Fsp3) is 0.833. The minimum Gasteiger partial charge on any atom is -0.0881 e. The van der Waals surface area contributed by atoms with Gasteiger partial charge in [-0.2, -0.15) is 0 Å². The molecule has 0 aliphatic heterocycles. The number of fused-ring (bicyclic) bond motifs is 2. The highest BCUT2D eigenvalue weighted by Gasteiger charge is 2.54. The third kappa shape index (κ3) is 0.841. The summed E-state index contributed by atoms with van der Waals surface area (Å²) < 4.78 is 0. The van der Waals surface area contributed by atoms with Gasteiger partial charge in [0.05, 0.1) is 0 Å². The van der Waals surface area contributed by atoms with E-state index in [0.29, 0.717) is 5.41 Å². The lowest BCUT2D eigenvalue weighted by molar-refractivity contribution is -0.0628. The summed E-state index contributed by atoms with van der Waals surface area (Å²) >= 11 is 0. The lowest BCUT2D eigenvalue weighted by atomic mass is 9.44. The summed E-state index contributed by atoms with van der Waals surface area (Å²) in [6, 6.07) is 0. The third-order valence-electron chi connectivity index (χ3n) is 4.41. The van der Waals surface area contributed by atoms with Gasteiger partial charge in [-0.1, -0.05) is 32.4 Å². The molecular weight excluding hydrogens is 144 g/mol. The first-order valence-corrected chi connectivity index (χ1v) is 5.22. The van der Waals surface area contributed by atoms with Crippen LogP contribution in [0.1, 0.15) is 40.5 Å². The number of allylic oxidation sites excluding steroid dienone is 2. The molecule has 3 rings (SSSR count). The molecule has 0 N–H and O–H groups in total. The highest BCUT2D eigenvalue weighted by molar-refractivity contribution is 5.22. The zero-order valence-electron chi connectivity index (χ0n) is 8.72. The maximum atomic E-state index is 2.45. The molecular formula is C12H20. The van der Waals surface area contributed by atoms with Gasteiger partial charge >= 0.3 is 0 Å². The largest absolute Gasteiger partial charge is 0.0881 e. The molecule has 0 heterocycles. The van der Waals surface area contributed by atoms with E-state index < -0.39 is 0 Å². The van der Waals surface area contributed by atoms with Gasteiger partial charge in [0.1, 0.15) is 0 Å². The highest BCUT2D eigenvalue weighted by atomic mass is 14.6. The Labute approximate surface area is 76.1 Å². The van der Waals surface area contributed by atoms with Crippen molar-refractivity contribution in [3.8, 4) is 0 Å². The van der Waals surface area contributed by atoms with Crippen molar-refractivity contribution in [3.05, 3.63) is 11.6 Å². The van der Waals surface area contributed by atoms with Gasteiger partial charge in [-0.05, 0) is 42.9 Å². The van der Waals surface area contributed by atoms with Crippen LogP contribution in [0.4, 0.5) is 0 Å². The van der Waals surface area contributed by atoms with Gasteiger partial charge in [0.15, 0.2) is 0 Å². The predicted octanol–water partition coefficient (Wildman–Crippen LogP) is 3.63. The molecule has 0 heteroatoms. The zero-order valence-corrected chi connectivity index (χ0v) is 8.72. The Hall–Kier alpha value is -0.260. The maximum Gasteiger partial charge on any atom is -0.0146 e. The Kier molecular flexibility index (Phi) is 1.65. The van der Waals surface area contributed by atoms with Crippen LogP contribution in [-0.4, -0.2) is 0 Å². The fourth-order valence-corrected chi connectivity index (χ4v) is 3.53. The molecule has 0 amide bonds. The van der Waals surface area contributed by atoms with Crippen LogP contribution in [-0.2, 0) is 0 Å². The molecule has 2 bridgehead atoms. The molecule has 3 atom stereocenters. The van der Waals surface area contributed by atoms with Crippen LogP contribution in [0.2, 0.25) is 0 Å². The molecule has 12 heavy (non-hydrogen) atoms. The van der Waals surface area contributed by atoms with Crippen LogP contribution in [0.5, 0.6) is 0 Å². The van der Waals surface area contributed by atoms with Crippen molar-refractivity contribution in [2.24, 2.45) is 23.2 Å². The van der Waals surface area contributed by atoms with Crippen LogP contribution < -0.4 is 0 Å². The molecule has 0 spiro atoms. The fourth-order valence-electron chi connectivity index (χ4n) is 3.53. The molecule has 3 aliphatic carbocycles. The quantitative estimate of drug-likeness (QED) is 0.479. The Morgan fingerprint density at radius 2 is 2.08 bits per heavy atom. The van der Waals surface area contributed by atoms with Crippen LogP contribution in [0.15, 0.2) is 11.6 Å². The van der Waals surface area contributed by atoms with Gasteiger partial charge < -0.3 is 0 Å². The van der Waals surface area contributed by atoms with Crippen molar-refractivity contribution >= 4 is 0 Å². The normalized spacial score (nSPS) is 47.3. The van der Waals surface area contributed by atoms with Crippen LogP contribution >= 0.6 is 0 Å². The molecule has 3 unspecified atom stereocenters. The summed E-state index contributed by atoms with van der Waals surface area (Å²) in [7, 11) is 0. The molecule has 3 saturated carbocycles. The second-order valence-corrected chi connectivity index (χ2v) is 5.26. The second kappa shape index (κ2) is 2.37. The Balaban J connectivity index is 2.27. The van der Waals surface area contributed by atoms with Gasteiger partial charge in [-0.3, -0.25) is 0 Å². The number of rotatable bonds is 0. The van der Waals surface area contributed by atoms with Crippen molar-refractivity contribution < 1.29 is 0 Å². The average Bonchev–Trinajstić information content (AvgIpc) is 2.02. The van der Waals surface area contributed by atoms with Gasteiger partial charge in [0, 0.05) is 0 Å². The monoisotopic (exact) mass is 164 g/mol. The molecule has 3 aliphatic rings. The summed E-state index contributed by atoms with van der Waals surface area (Å²) in [4.78, 5) is 0. The number of hydrogen-bond acceptors (Lipinski definition) is 0. The second-order valence-electron chi connectivity index (χ2n) is 5.26. The van der Waals surface area contributed by atoms with Crippen molar-refractivity contribution in [1.82, 2.24) is 0 Å². The topological polar surface area (TPSA) is 0 Å². The molecule has 0 radical (unpaired) electrons. The van der Waals surface area contributed by atoms with Gasteiger partial charge in [0.25, 0.3) is 0 Å². The van der Waals surface area contributed by atoms with Crippen molar-refractivity contribution in [3.63, 3.8) is 0 Å². The molecule has 0 aromatic rings. The summed E-state index contributed by atoms with van der Waals surface area (Å²) in [5.41, 5.74) is 2.34. The maximum absolute atomic E-state index is 2.45. The Bertz CT molecular complexity index is 222. The highest BCUT2D eigenvalue weighted by Crippen LogP contribution is 2.63. The van der Waals surface area contributed by atoms with Crippen molar-refractivity contribution in [1.29, 1.82) is 0 Å². The van der Waals surface area contributed by atoms with E-state index in [0.717, 1.165) is 17.8 Å². The molecule has 0 aromatic carbocycles. The molecule has 3 fully saturated rings. The van der Waals surface area contributed by atoms with E-state index in [-0.39, 0.29) is 0 Å². The van der Waals surface area contributed by atoms with Crippen LogP contribution in [0.3, 0.4) is 0 Å². The summed E-state index contributed by atoms with van der Waals surface area (Å²) in [6.07, 6.45) is 5.20. The van der Waals surface area contributed by atoms with Crippen LogP contribution in [0.25, 0.3) is 0 Å². The standard InChI is InChI=1S/C12H20/c1-5-9-6-8(2)10-7-11(9)12(10,3)4/h5,8,10-11H,6-7H2,1-4H3/b9-5-. The Morgan fingerprint density at radius 3 is 2.50 bits per heavy atom. The van der Waals surface area contributed by atoms with E-state index in [1.807, 2.05) is 0 Å². The molecule has 0 aromatic heterocycles. The minimum absolute atomic E-state index is 0.611. The first-order valence-electron chi connectivity index (χ1n) is 5.22. The summed E-state index contributed by atoms with van der Waals surface area (Å²) in [5.74, 6) is 2.85. The van der Waals surface area contributed by atoms with Crippen LogP contribution in [0, 0.1) is 23.2 Å². The van der Waals surface area contributed by atoms with E-state index in [9.17, 15) is 0 Å². The molecule has 0 saturated heterocycles. The van der Waals surface area contributed by atoms with Gasteiger partial charge in [-0.25, -0.2) is 0 Å².